The van der Waals surface area contributed by atoms with Crippen molar-refractivity contribution in [2.45, 2.75) is 44.3 Å². The number of nitrogens with zero attached hydrogens (tertiary/aromatic N) is 3. The van der Waals surface area contributed by atoms with Crippen LogP contribution in [0.3, 0.4) is 0 Å². The van der Waals surface area contributed by atoms with E-state index in [9.17, 15) is 4.79 Å². The van der Waals surface area contributed by atoms with Crippen LogP contribution >= 0.6 is 11.8 Å². The fourth-order valence-corrected chi connectivity index (χ4v) is 3.47. The Hall–Kier alpha value is -1.56. The van der Waals surface area contributed by atoms with Crippen molar-refractivity contribution < 1.29 is 9.90 Å². The van der Waals surface area contributed by atoms with Gasteiger partial charge in [-0.15, -0.1) is 0 Å². The molecule has 0 amide bonds. The van der Waals surface area contributed by atoms with Crippen LogP contribution in [0.5, 0.6) is 0 Å². The number of aromatic nitrogens is 3. The summed E-state index contributed by atoms with van der Waals surface area (Å²) in [6.07, 6.45) is 5.52. The molecule has 2 heterocycles. The Balaban J connectivity index is 2.01. The van der Waals surface area contributed by atoms with E-state index >= 15 is 0 Å². The number of carboxylic acid groups (broad SMARTS) is 1. The number of rotatable bonds is 6. The molecule has 1 saturated carbocycles. The summed E-state index contributed by atoms with van der Waals surface area (Å²) in [4.78, 5) is 20.0. The number of fused-ring (bicyclic) bond motifs is 1. The van der Waals surface area contributed by atoms with E-state index in [2.05, 4.69) is 21.5 Å². The van der Waals surface area contributed by atoms with Gasteiger partial charge >= 0.3 is 5.97 Å². The van der Waals surface area contributed by atoms with Crippen LogP contribution in [-0.4, -0.2) is 31.4 Å². The molecule has 1 aliphatic carbocycles. The SMILES string of the molecule is Cc1ccnc2c1nc(SCC(=O)O)n2C(C)CC1CC1. The van der Waals surface area contributed by atoms with E-state index < -0.39 is 5.97 Å². The molecule has 0 radical (unpaired) electrons. The lowest BCUT2D eigenvalue weighted by Gasteiger charge is -2.16. The van der Waals surface area contributed by atoms with Crippen LogP contribution in [0.1, 0.15) is 37.8 Å². The summed E-state index contributed by atoms with van der Waals surface area (Å²) >= 11 is 1.28. The average Bonchev–Trinajstić information content (AvgIpc) is 3.15. The number of hydrogen-bond donors (Lipinski definition) is 1. The van der Waals surface area contributed by atoms with Crippen LogP contribution in [0, 0.1) is 12.8 Å². The third-order valence-electron chi connectivity index (χ3n) is 3.89. The maximum Gasteiger partial charge on any atom is 0.313 e. The van der Waals surface area contributed by atoms with Crippen LogP contribution < -0.4 is 0 Å². The Bertz CT molecular complexity index is 679. The molecule has 6 heteroatoms. The van der Waals surface area contributed by atoms with Gasteiger partial charge in [0.25, 0.3) is 0 Å². The van der Waals surface area contributed by atoms with Gasteiger partial charge in [-0.2, -0.15) is 0 Å². The number of aliphatic carboxylic acids is 1. The molecule has 0 spiro atoms. The van der Waals surface area contributed by atoms with E-state index in [0.717, 1.165) is 34.2 Å². The highest BCUT2D eigenvalue weighted by molar-refractivity contribution is 7.99. The van der Waals surface area contributed by atoms with Crippen LogP contribution in [0.15, 0.2) is 17.4 Å². The molecule has 1 aliphatic rings. The molecule has 3 rings (SSSR count). The van der Waals surface area contributed by atoms with Crippen molar-refractivity contribution in [2.75, 3.05) is 5.75 Å². The quantitative estimate of drug-likeness (QED) is 0.830. The average molecular weight is 305 g/mol. The van der Waals surface area contributed by atoms with Gasteiger partial charge in [-0.05, 0) is 37.8 Å². The molecule has 0 aliphatic heterocycles. The van der Waals surface area contributed by atoms with Crippen molar-refractivity contribution in [3.8, 4) is 0 Å². The standard InChI is InChI=1S/C15H19N3O2S/c1-9-5-6-16-14-13(9)17-15(21-8-12(19)20)18(14)10(2)7-11-3-4-11/h5-6,10-11H,3-4,7-8H2,1-2H3,(H,19,20). The van der Waals surface area contributed by atoms with E-state index in [1.54, 1.807) is 6.20 Å². The fraction of sp³-hybridized carbons (Fsp3) is 0.533. The highest BCUT2D eigenvalue weighted by Crippen LogP contribution is 2.39. The molecule has 0 bridgehead atoms. The largest absolute Gasteiger partial charge is 0.481 e. The van der Waals surface area contributed by atoms with Crippen LogP contribution in [0.25, 0.3) is 11.2 Å². The molecule has 1 N–H and O–H groups in total. The first-order chi connectivity index (χ1) is 10.1. The minimum Gasteiger partial charge on any atom is -0.481 e. The summed E-state index contributed by atoms with van der Waals surface area (Å²) in [6, 6.07) is 2.24. The number of carboxylic acids is 1. The predicted molar refractivity (Wildman–Crippen MR) is 82.7 cm³/mol. The second-order valence-corrected chi connectivity index (χ2v) is 6.72. The van der Waals surface area contributed by atoms with Crippen LogP contribution in [0.4, 0.5) is 0 Å². The van der Waals surface area contributed by atoms with E-state index in [1.807, 2.05) is 13.0 Å². The highest BCUT2D eigenvalue weighted by atomic mass is 32.2. The Morgan fingerprint density at radius 1 is 1.57 bits per heavy atom. The highest BCUT2D eigenvalue weighted by Gasteiger charge is 2.27. The van der Waals surface area contributed by atoms with E-state index in [0.29, 0.717) is 6.04 Å². The fourth-order valence-electron chi connectivity index (χ4n) is 2.66. The predicted octanol–water partition coefficient (Wildman–Crippen LogP) is 3.28. The zero-order valence-electron chi connectivity index (χ0n) is 12.2. The molecular formula is C15H19N3O2S. The van der Waals surface area contributed by atoms with E-state index in [4.69, 9.17) is 5.11 Å². The smallest absolute Gasteiger partial charge is 0.313 e. The van der Waals surface area contributed by atoms with Gasteiger partial charge in [0.15, 0.2) is 10.8 Å². The number of aryl methyl sites for hydroxylation is 1. The maximum atomic E-state index is 10.9. The topological polar surface area (TPSA) is 68.0 Å². The monoisotopic (exact) mass is 305 g/mol. The zero-order chi connectivity index (χ0) is 15.0. The molecule has 2 aromatic rings. The van der Waals surface area contributed by atoms with Gasteiger partial charge in [-0.3, -0.25) is 4.79 Å². The van der Waals surface area contributed by atoms with Crippen molar-refractivity contribution in [3.05, 3.63) is 17.8 Å². The summed E-state index contributed by atoms with van der Waals surface area (Å²) < 4.78 is 2.12. The minimum atomic E-state index is -0.821. The third kappa shape index (κ3) is 3.05. The van der Waals surface area contributed by atoms with Gasteiger partial charge in [-0.1, -0.05) is 24.6 Å². The number of imidazole rings is 1. The molecule has 1 unspecified atom stereocenters. The summed E-state index contributed by atoms with van der Waals surface area (Å²) in [7, 11) is 0. The van der Waals surface area contributed by atoms with Crippen molar-refractivity contribution in [1.82, 2.24) is 14.5 Å². The van der Waals surface area contributed by atoms with Crippen LogP contribution in [0.2, 0.25) is 0 Å². The normalized spacial score (nSPS) is 16.3. The molecule has 21 heavy (non-hydrogen) atoms. The first-order valence-electron chi connectivity index (χ1n) is 7.24. The molecule has 5 nitrogen and oxygen atoms in total. The van der Waals surface area contributed by atoms with Gasteiger partial charge in [0.2, 0.25) is 0 Å². The Morgan fingerprint density at radius 2 is 2.33 bits per heavy atom. The van der Waals surface area contributed by atoms with Crippen molar-refractivity contribution >= 4 is 28.9 Å². The maximum absolute atomic E-state index is 10.9. The van der Waals surface area contributed by atoms with Crippen molar-refractivity contribution in [2.24, 2.45) is 5.92 Å². The number of carbonyl (C=O) groups is 1. The molecule has 2 aromatic heterocycles. The van der Waals surface area contributed by atoms with Crippen molar-refractivity contribution in [1.29, 1.82) is 0 Å². The summed E-state index contributed by atoms with van der Waals surface area (Å²) in [6.45, 7) is 4.19. The Labute approximate surface area is 127 Å². The first-order valence-corrected chi connectivity index (χ1v) is 8.23. The molecule has 112 valence electrons. The van der Waals surface area contributed by atoms with Crippen LogP contribution in [-0.2, 0) is 4.79 Å². The Kier molecular flexibility index (Phi) is 3.89. The number of pyridine rings is 1. The lowest BCUT2D eigenvalue weighted by molar-refractivity contribution is -0.133. The van der Waals surface area contributed by atoms with E-state index in [-0.39, 0.29) is 5.75 Å². The Morgan fingerprint density at radius 3 is 3.00 bits per heavy atom. The zero-order valence-corrected chi connectivity index (χ0v) is 13.1. The second kappa shape index (κ2) is 5.67. The van der Waals surface area contributed by atoms with Crippen molar-refractivity contribution in [3.63, 3.8) is 0 Å². The molecule has 0 aromatic carbocycles. The third-order valence-corrected chi connectivity index (χ3v) is 4.82. The van der Waals surface area contributed by atoms with Gasteiger partial charge in [0, 0.05) is 12.2 Å². The lowest BCUT2D eigenvalue weighted by atomic mass is 10.1. The molecule has 1 fully saturated rings. The van der Waals surface area contributed by atoms with Gasteiger partial charge in [-0.25, -0.2) is 9.97 Å². The number of hydrogen-bond acceptors (Lipinski definition) is 4. The number of thioether (sulfide) groups is 1. The summed E-state index contributed by atoms with van der Waals surface area (Å²) in [5, 5.41) is 9.68. The van der Waals surface area contributed by atoms with E-state index in [1.165, 1.54) is 24.6 Å². The van der Waals surface area contributed by atoms with Gasteiger partial charge in [0.1, 0.15) is 5.52 Å². The van der Waals surface area contributed by atoms with Gasteiger partial charge in [0.05, 0.1) is 5.75 Å². The molecule has 0 saturated heterocycles. The van der Waals surface area contributed by atoms with Gasteiger partial charge < -0.3 is 9.67 Å². The lowest BCUT2D eigenvalue weighted by Crippen LogP contribution is -2.09. The molecule has 1 atom stereocenters. The summed E-state index contributed by atoms with van der Waals surface area (Å²) in [5.41, 5.74) is 2.83. The minimum absolute atomic E-state index is 0.0263. The summed E-state index contributed by atoms with van der Waals surface area (Å²) in [5.74, 6) is 0.0103. The second-order valence-electron chi connectivity index (χ2n) is 5.77. The molecular weight excluding hydrogens is 286 g/mol. The first kappa shape index (κ1) is 14.4.